The number of nitrogens with one attached hydrogen (secondary N) is 1. The van der Waals surface area contributed by atoms with E-state index < -0.39 is 10.9 Å². The van der Waals surface area contributed by atoms with Crippen molar-refractivity contribution in [3.63, 3.8) is 0 Å². The summed E-state index contributed by atoms with van der Waals surface area (Å²) in [6, 6.07) is 0. The van der Waals surface area contributed by atoms with Crippen LogP contribution in [-0.2, 0) is 0 Å². The lowest BCUT2D eigenvalue weighted by Crippen LogP contribution is -2.02. The maximum Gasteiger partial charge on any atom is 0.474 e. The summed E-state index contributed by atoms with van der Waals surface area (Å²) in [5.74, 6) is -0.346. The van der Waals surface area contributed by atoms with Gasteiger partial charge in [-0.15, -0.1) is 0 Å². The third-order valence-electron chi connectivity index (χ3n) is 1.85. The minimum Gasteiger partial charge on any atom is -0.464 e. The fraction of sp³-hybridized carbons (Fsp3) is 0.375. The molecule has 2 rings (SSSR count). The van der Waals surface area contributed by atoms with Crippen LogP contribution in [0.2, 0.25) is 0 Å². The molecule has 0 amide bonds. The number of rotatable bonds is 4. The van der Waals surface area contributed by atoms with Gasteiger partial charge in [0, 0.05) is 0 Å². The minimum absolute atomic E-state index is 0.163. The Hall–Kier alpha value is -2.25. The van der Waals surface area contributed by atoms with Crippen LogP contribution in [0.4, 0.5) is 5.95 Å². The number of imidazole rings is 1. The van der Waals surface area contributed by atoms with Crippen molar-refractivity contribution in [1.29, 1.82) is 0 Å². The number of aromatic amines is 1. The van der Waals surface area contributed by atoms with Crippen molar-refractivity contribution in [3.8, 4) is 5.88 Å². The van der Waals surface area contributed by atoms with Crippen molar-refractivity contribution in [2.45, 2.75) is 13.3 Å². The van der Waals surface area contributed by atoms with Crippen LogP contribution in [0, 0.1) is 10.1 Å². The highest BCUT2D eigenvalue weighted by Gasteiger charge is 2.20. The van der Waals surface area contributed by atoms with Gasteiger partial charge in [0.25, 0.3) is 5.65 Å². The van der Waals surface area contributed by atoms with Crippen LogP contribution in [-0.4, -0.2) is 31.5 Å². The SMILES string of the molecule is CCCOc1nc([N+](=O)[O-])nc2nc[nH]c12. The molecule has 0 fully saturated rings. The maximum absolute atomic E-state index is 10.6. The van der Waals surface area contributed by atoms with Crippen LogP contribution in [0.1, 0.15) is 13.3 Å². The second kappa shape index (κ2) is 4.09. The zero-order valence-corrected chi connectivity index (χ0v) is 8.51. The molecule has 0 saturated heterocycles. The topological polar surface area (TPSA) is 107 Å². The van der Waals surface area contributed by atoms with Gasteiger partial charge in [-0.1, -0.05) is 6.92 Å². The molecule has 2 heterocycles. The van der Waals surface area contributed by atoms with Crippen molar-refractivity contribution in [3.05, 3.63) is 16.4 Å². The van der Waals surface area contributed by atoms with Crippen molar-refractivity contribution < 1.29 is 9.66 Å². The van der Waals surface area contributed by atoms with Crippen LogP contribution in [0.15, 0.2) is 6.33 Å². The van der Waals surface area contributed by atoms with E-state index in [9.17, 15) is 10.1 Å². The average Bonchev–Trinajstić information content (AvgIpc) is 2.73. The molecule has 0 unspecified atom stereocenters. The zero-order chi connectivity index (χ0) is 11.5. The molecule has 0 bridgehead atoms. The summed E-state index contributed by atoms with van der Waals surface area (Å²) in [7, 11) is 0. The summed E-state index contributed by atoms with van der Waals surface area (Å²) in [4.78, 5) is 23.9. The number of hydrogen-bond donors (Lipinski definition) is 1. The number of hydrogen-bond acceptors (Lipinski definition) is 6. The van der Waals surface area contributed by atoms with Crippen LogP contribution >= 0.6 is 0 Å². The molecule has 16 heavy (non-hydrogen) atoms. The Morgan fingerprint density at radius 1 is 1.56 bits per heavy atom. The van der Waals surface area contributed by atoms with Gasteiger partial charge in [0.05, 0.1) is 12.9 Å². The molecule has 0 aliphatic rings. The number of fused-ring (bicyclic) bond motifs is 1. The second-order valence-corrected chi connectivity index (χ2v) is 3.04. The fourth-order valence-corrected chi connectivity index (χ4v) is 1.18. The molecule has 0 aromatic carbocycles. The molecule has 0 atom stereocenters. The predicted octanol–water partition coefficient (Wildman–Crippen LogP) is 1.05. The zero-order valence-electron chi connectivity index (χ0n) is 8.51. The van der Waals surface area contributed by atoms with E-state index in [-0.39, 0.29) is 11.5 Å². The molecule has 8 heteroatoms. The lowest BCUT2D eigenvalue weighted by molar-refractivity contribution is -0.394. The van der Waals surface area contributed by atoms with E-state index in [0.717, 1.165) is 6.42 Å². The van der Waals surface area contributed by atoms with Crippen molar-refractivity contribution >= 4 is 17.1 Å². The monoisotopic (exact) mass is 223 g/mol. The quantitative estimate of drug-likeness (QED) is 0.613. The van der Waals surface area contributed by atoms with Gasteiger partial charge in [-0.3, -0.25) is 0 Å². The van der Waals surface area contributed by atoms with E-state index in [4.69, 9.17) is 4.74 Å². The summed E-state index contributed by atoms with van der Waals surface area (Å²) in [6.45, 7) is 2.36. The molecular formula is C8H9N5O3. The van der Waals surface area contributed by atoms with Gasteiger partial charge in [0.2, 0.25) is 0 Å². The highest BCUT2D eigenvalue weighted by Crippen LogP contribution is 2.21. The number of nitro groups is 1. The lowest BCUT2D eigenvalue weighted by atomic mass is 10.5. The summed E-state index contributed by atoms with van der Waals surface area (Å²) in [5, 5.41) is 10.6. The highest BCUT2D eigenvalue weighted by atomic mass is 16.6. The van der Waals surface area contributed by atoms with Gasteiger partial charge in [0.1, 0.15) is 0 Å². The van der Waals surface area contributed by atoms with Crippen molar-refractivity contribution in [2.75, 3.05) is 6.61 Å². The van der Waals surface area contributed by atoms with Gasteiger partial charge in [-0.2, -0.15) is 0 Å². The van der Waals surface area contributed by atoms with Gasteiger partial charge in [-0.05, 0) is 21.3 Å². The fourth-order valence-electron chi connectivity index (χ4n) is 1.18. The lowest BCUT2D eigenvalue weighted by Gasteiger charge is -2.00. The predicted molar refractivity (Wildman–Crippen MR) is 54.1 cm³/mol. The Bertz CT molecular complexity index is 523. The Kier molecular flexibility index (Phi) is 2.63. The van der Waals surface area contributed by atoms with Crippen LogP contribution in [0.25, 0.3) is 11.2 Å². The maximum atomic E-state index is 10.6. The molecule has 84 valence electrons. The van der Waals surface area contributed by atoms with Crippen molar-refractivity contribution in [2.24, 2.45) is 0 Å². The molecule has 8 nitrogen and oxygen atoms in total. The van der Waals surface area contributed by atoms with Crippen LogP contribution in [0.5, 0.6) is 5.88 Å². The first-order valence-electron chi connectivity index (χ1n) is 4.70. The normalized spacial score (nSPS) is 10.6. The molecule has 1 N–H and O–H groups in total. The number of nitrogens with zero attached hydrogens (tertiary/aromatic N) is 4. The second-order valence-electron chi connectivity index (χ2n) is 3.04. The molecule has 0 spiro atoms. The summed E-state index contributed by atoms with van der Waals surface area (Å²) >= 11 is 0. The number of aromatic nitrogens is 4. The third kappa shape index (κ3) is 1.76. The molecule has 0 radical (unpaired) electrons. The van der Waals surface area contributed by atoms with Gasteiger partial charge in [0.15, 0.2) is 5.52 Å². The van der Waals surface area contributed by atoms with E-state index in [1.165, 1.54) is 6.33 Å². The number of ether oxygens (including phenoxy) is 1. The molecule has 2 aromatic rings. The summed E-state index contributed by atoms with van der Waals surface area (Å²) < 4.78 is 5.29. The van der Waals surface area contributed by atoms with E-state index in [1.807, 2.05) is 6.92 Å². The highest BCUT2D eigenvalue weighted by molar-refractivity contribution is 5.76. The first kappa shape index (κ1) is 10.3. The molecule has 0 saturated carbocycles. The van der Waals surface area contributed by atoms with E-state index in [1.54, 1.807) is 0 Å². The van der Waals surface area contributed by atoms with Crippen molar-refractivity contribution in [1.82, 2.24) is 19.9 Å². The summed E-state index contributed by atoms with van der Waals surface area (Å²) in [6.07, 6.45) is 2.18. The van der Waals surface area contributed by atoms with Gasteiger partial charge < -0.3 is 19.8 Å². The molecular weight excluding hydrogens is 214 g/mol. The smallest absolute Gasteiger partial charge is 0.464 e. The molecule has 0 aliphatic heterocycles. The van der Waals surface area contributed by atoms with E-state index >= 15 is 0 Å². The minimum atomic E-state index is -0.674. The Morgan fingerprint density at radius 3 is 3.06 bits per heavy atom. The van der Waals surface area contributed by atoms with Crippen LogP contribution in [0.3, 0.4) is 0 Å². The Labute approximate surface area is 89.8 Å². The first-order chi connectivity index (χ1) is 7.72. The van der Waals surface area contributed by atoms with Gasteiger partial charge >= 0.3 is 11.8 Å². The third-order valence-corrected chi connectivity index (χ3v) is 1.85. The largest absolute Gasteiger partial charge is 0.474 e. The molecule has 0 aliphatic carbocycles. The number of H-pyrrole nitrogens is 1. The Balaban J connectivity index is 2.50. The van der Waals surface area contributed by atoms with E-state index in [2.05, 4.69) is 19.9 Å². The average molecular weight is 223 g/mol. The van der Waals surface area contributed by atoms with Gasteiger partial charge in [-0.25, -0.2) is 4.98 Å². The van der Waals surface area contributed by atoms with Crippen LogP contribution < -0.4 is 4.74 Å². The summed E-state index contributed by atoms with van der Waals surface area (Å²) in [5.41, 5.74) is 0.701. The first-order valence-corrected chi connectivity index (χ1v) is 4.70. The Morgan fingerprint density at radius 2 is 2.38 bits per heavy atom. The van der Waals surface area contributed by atoms with E-state index in [0.29, 0.717) is 12.1 Å². The molecule has 2 aromatic heterocycles. The standard InChI is InChI=1S/C8H9N5O3/c1-2-3-16-7-5-6(10-4-9-5)11-8(12-7)13(14)15/h4H,2-3H2,1H3,(H,9,10,11,12).